The third-order valence-electron chi connectivity index (χ3n) is 3.92. The van der Waals surface area contributed by atoms with E-state index in [1.807, 2.05) is 0 Å². The first-order chi connectivity index (χ1) is 12.7. The van der Waals surface area contributed by atoms with E-state index < -0.39 is 49.3 Å². The number of esters is 2. The van der Waals surface area contributed by atoms with Crippen molar-refractivity contribution in [1.29, 1.82) is 0 Å². The van der Waals surface area contributed by atoms with Gasteiger partial charge in [-0.1, -0.05) is 6.58 Å². The highest BCUT2D eigenvalue weighted by Crippen LogP contribution is 2.46. The van der Waals surface area contributed by atoms with Crippen LogP contribution in [-0.2, 0) is 23.8 Å². The van der Waals surface area contributed by atoms with Gasteiger partial charge in [0.15, 0.2) is 0 Å². The van der Waals surface area contributed by atoms with Crippen molar-refractivity contribution in [2.45, 2.75) is 62.8 Å². The van der Waals surface area contributed by atoms with Crippen LogP contribution in [0.5, 0.6) is 0 Å². The molecule has 1 fully saturated rings. The van der Waals surface area contributed by atoms with Gasteiger partial charge >= 0.3 is 30.0 Å². The quantitative estimate of drug-likeness (QED) is 0.257. The average molecular weight is 424 g/mol. The number of hydrogen-bond donors (Lipinski definition) is 0. The first-order valence-corrected chi connectivity index (χ1v) is 8.17. The minimum atomic E-state index is -6.61. The van der Waals surface area contributed by atoms with E-state index in [4.69, 9.17) is 9.47 Å². The number of carbonyl (C=O) groups excluding carboxylic acids is 2. The molecule has 162 valence electrons. The lowest BCUT2D eigenvalue weighted by Gasteiger charge is -2.28. The zero-order chi connectivity index (χ0) is 21.8. The van der Waals surface area contributed by atoms with Crippen molar-refractivity contribution in [3.05, 3.63) is 12.2 Å². The van der Waals surface area contributed by atoms with Crippen LogP contribution in [0.4, 0.5) is 30.7 Å². The van der Waals surface area contributed by atoms with E-state index in [1.165, 1.54) is 6.92 Å². The summed E-state index contributed by atoms with van der Waals surface area (Å²) in [5.41, 5.74) is 0.244. The molecule has 28 heavy (non-hydrogen) atoms. The maximum Gasteiger partial charge on any atom is 0.460 e. The van der Waals surface area contributed by atoms with Crippen LogP contribution in [0.3, 0.4) is 0 Å². The lowest BCUT2D eigenvalue weighted by Crippen LogP contribution is -2.56. The molecule has 5 nitrogen and oxygen atoms in total. The molecule has 0 aromatic heterocycles. The van der Waals surface area contributed by atoms with Crippen LogP contribution in [0.2, 0.25) is 0 Å². The predicted octanol–water partition coefficient (Wildman–Crippen LogP) is 3.81. The van der Waals surface area contributed by atoms with Crippen LogP contribution in [0.25, 0.3) is 0 Å². The standard InChI is InChI=1S/C16H19F7O5/c1-9(2)12(24)28-11-5-3-10(4-6-11)26-7-8-27-13(25)14(17,18)15(19,20)16(21,22)23/h10-11H,1,3-8H2,2H3. The van der Waals surface area contributed by atoms with Gasteiger partial charge in [-0.05, 0) is 32.6 Å². The van der Waals surface area contributed by atoms with Crippen molar-refractivity contribution in [3.8, 4) is 0 Å². The first kappa shape index (κ1) is 24.2. The van der Waals surface area contributed by atoms with Gasteiger partial charge < -0.3 is 14.2 Å². The second-order valence-electron chi connectivity index (χ2n) is 6.24. The lowest BCUT2D eigenvalue weighted by molar-refractivity contribution is -0.348. The summed E-state index contributed by atoms with van der Waals surface area (Å²) < 4.78 is 102. The summed E-state index contributed by atoms with van der Waals surface area (Å²) >= 11 is 0. The van der Waals surface area contributed by atoms with E-state index in [0.717, 1.165) is 0 Å². The molecule has 0 radical (unpaired) electrons. The molecule has 0 atom stereocenters. The van der Waals surface area contributed by atoms with Gasteiger partial charge in [0.1, 0.15) is 12.7 Å². The molecule has 1 rings (SSSR count). The Hall–Kier alpha value is -1.85. The van der Waals surface area contributed by atoms with Gasteiger partial charge in [0.25, 0.3) is 0 Å². The summed E-state index contributed by atoms with van der Waals surface area (Å²) in [4.78, 5) is 22.3. The van der Waals surface area contributed by atoms with Crippen molar-refractivity contribution in [3.63, 3.8) is 0 Å². The third kappa shape index (κ3) is 5.82. The van der Waals surface area contributed by atoms with Crippen LogP contribution in [0.1, 0.15) is 32.6 Å². The molecule has 1 saturated carbocycles. The van der Waals surface area contributed by atoms with E-state index in [0.29, 0.717) is 25.7 Å². The Labute approximate surface area is 155 Å². The molecule has 0 unspecified atom stereocenters. The fourth-order valence-corrected chi connectivity index (χ4v) is 2.31. The van der Waals surface area contributed by atoms with Gasteiger partial charge in [-0.15, -0.1) is 0 Å². The maximum atomic E-state index is 13.0. The van der Waals surface area contributed by atoms with Gasteiger partial charge in [0.05, 0.1) is 12.7 Å². The Morgan fingerprint density at radius 3 is 1.89 bits per heavy atom. The summed E-state index contributed by atoms with van der Waals surface area (Å²) in [5, 5.41) is 0. The monoisotopic (exact) mass is 424 g/mol. The van der Waals surface area contributed by atoms with E-state index in [2.05, 4.69) is 11.3 Å². The molecule has 0 aromatic rings. The van der Waals surface area contributed by atoms with Crippen LogP contribution in [-0.4, -0.2) is 55.4 Å². The zero-order valence-electron chi connectivity index (χ0n) is 14.8. The Bertz CT molecular complexity index is 580. The Morgan fingerprint density at radius 1 is 0.929 bits per heavy atom. The van der Waals surface area contributed by atoms with Crippen molar-refractivity contribution < 1.29 is 54.5 Å². The van der Waals surface area contributed by atoms with Crippen LogP contribution >= 0.6 is 0 Å². The van der Waals surface area contributed by atoms with Gasteiger partial charge in [0.2, 0.25) is 0 Å². The number of halogens is 7. The average Bonchev–Trinajstić information content (AvgIpc) is 2.58. The highest BCUT2D eigenvalue weighted by Gasteiger charge is 2.77. The molecule has 0 saturated heterocycles. The van der Waals surface area contributed by atoms with Gasteiger partial charge in [-0.3, -0.25) is 0 Å². The Morgan fingerprint density at radius 2 is 1.43 bits per heavy atom. The summed E-state index contributed by atoms with van der Waals surface area (Å²) in [6.45, 7) is 3.54. The molecule has 0 amide bonds. The second kappa shape index (κ2) is 9.10. The summed E-state index contributed by atoms with van der Waals surface area (Å²) in [5.74, 6) is -16.1. The smallest absolute Gasteiger partial charge is 0.459 e. The molecule has 0 N–H and O–H groups in total. The molecule has 0 bridgehead atoms. The highest BCUT2D eigenvalue weighted by molar-refractivity contribution is 5.87. The van der Waals surface area contributed by atoms with Crippen LogP contribution in [0.15, 0.2) is 12.2 Å². The van der Waals surface area contributed by atoms with Crippen molar-refractivity contribution in [2.24, 2.45) is 0 Å². The summed E-state index contributed by atoms with van der Waals surface area (Å²) in [6.07, 6.45) is -5.62. The Kier molecular flexibility index (Phi) is 7.86. The highest BCUT2D eigenvalue weighted by atomic mass is 19.4. The van der Waals surface area contributed by atoms with Crippen molar-refractivity contribution in [2.75, 3.05) is 13.2 Å². The normalized spacial score (nSPS) is 21.1. The van der Waals surface area contributed by atoms with Crippen LogP contribution in [0, 0.1) is 0 Å². The molecular weight excluding hydrogens is 405 g/mol. The van der Waals surface area contributed by atoms with E-state index >= 15 is 0 Å². The zero-order valence-corrected chi connectivity index (χ0v) is 14.8. The minimum Gasteiger partial charge on any atom is -0.459 e. The van der Waals surface area contributed by atoms with Crippen molar-refractivity contribution >= 4 is 11.9 Å². The maximum absolute atomic E-state index is 13.0. The van der Waals surface area contributed by atoms with Crippen LogP contribution < -0.4 is 0 Å². The van der Waals surface area contributed by atoms with E-state index in [-0.39, 0.29) is 11.7 Å². The van der Waals surface area contributed by atoms with Gasteiger partial charge in [-0.25, -0.2) is 9.59 Å². The predicted molar refractivity (Wildman–Crippen MR) is 79.8 cm³/mol. The lowest BCUT2D eigenvalue weighted by atomic mass is 9.95. The fourth-order valence-electron chi connectivity index (χ4n) is 2.31. The summed E-state index contributed by atoms with van der Waals surface area (Å²) in [7, 11) is 0. The van der Waals surface area contributed by atoms with Gasteiger partial charge in [0, 0.05) is 5.57 Å². The third-order valence-corrected chi connectivity index (χ3v) is 3.92. The Balaban J connectivity index is 2.35. The second-order valence-corrected chi connectivity index (χ2v) is 6.24. The number of carbonyl (C=O) groups is 2. The van der Waals surface area contributed by atoms with Gasteiger partial charge in [-0.2, -0.15) is 30.7 Å². The van der Waals surface area contributed by atoms with E-state index in [1.54, 1.807) is 0 Å². The largest absolute Gasteiger partial charge is 0.460 e. The molecule has 0 aromatic carbocycles. The first-order valence-electron chi connectivity index (χ1n) is 8.17. The molecule has 0 heterocycles. The molecule has 1 aliphatic carbocycles. The molecule has 0 spiro atoms. The number of hydrogen-bond acceptors (Lipinski definition) is 5. The molecule has 1 aliphatic rings. The number of alkyl halides is 7. The summed E-state index contributed by atoms with van der Waals surface area (Å²) in [6, 6.07) is 0. The minimum absolute atomic E-state index is 0.244. The molecule has 0 aliphatic heterocycles. The van der Waals surface area contributed by atoms with E-state index in [9.17, 15) is 40.3 Å². The van der Waals surface area contributed by atoms with Crippen molar-refractivity contribution in [1.82, 2.24) is 0 Å². The fraction of sp³-hybridized carbons (Fsp3) is 0.750. The topological polar surface area (TPSA) is 61.8 Å². The number of ether oxygens (including phenoxy) is 3. The molecule has 12 heteroatoms. The number of rotatable bonds is 8. The SMILES string of the molecule is C=C(C)C(=O)OC1CCC(OCCOC(=O)C(F)(F)C(F)(F)C(F)(F)F)CC1. The molecular formula is C16H19F7O5.